The van der Waals surface area contributed by atoms with Crippen molar-refractivity contribution >= 4 is 22.6 Å². The van der Waals surface area contributed by atoms with Crippen molar-refractivity contribution in [3.63, 3.8) is 0 Å². The van der Waals surface area contributed by atoms with Gasteiger partial charge in [-0.2, -0.15) is 0 Å². The maximum atomic E-state index is 11.4. The zero-order chi connectivity index (χ0) is 11.8. The lowest BCUT2D eigenvalue weighted by Gasteiger charge is -2.06. The summed E-state index contributed by atoms with van der Waals surface area (Å²) in [6, 6.07) is 3.40. The first kappa shape index (κ1) is 13.7. The summed E-state index contributed by atoms with van der Waals surface area (Å²) in [5.74, 6) is 0. The van der Waals surface area contributed by atoms with E-state index in [1.54, 1.807) is 17.7 Å². The Bertz CT molecular complexity index is 364. The zero-order valence-electron chi connectivity index (χ0n) is 9.32. The maximum Gasteiger partial charge on any atom is 0.250 e. The monoisotopic (exact) mass is 337 g/mol. The molecule has 0 aromatic carbocycles. The highest BCUT2D eigenvalue weighted by Gasteiger charge is 1.96. The van der Waals surface area contributed by atoms with E-state index in [2.05, 4.69) is 22.6 Å². The molecule has 1 rings (SSSR count). The first-order chi connectivity index (χ1) is 7.74. The van der Waals surface area contributed by atoms with Crippen LogP contribution in [0.3, 0.4) is 0 Å². The van der Waals surface area contributed by atoms with Crippen LogP contribution in [0.2, 0.25) is 0 Å². The van der Waals surface area contributed by atoms with Gasteiger partial charge in [0.2, 0.25) is 0 Å². The van der Waals surface area contributed by atoms with Crippen molar-refractivity contribution in [3.05, 3.63) is 32.3 Å². The lowest BCUT2D eigenvalue weighted by Crippen LogP contribution is -2.19. The molecule has 0 atom stereocenters. The van der Waals surface area contributed by atoms with Gasteiger partial charge in [-0.3, -0.25) is 4.79 Å². The van der Waals surface area contributed by atoms with E-state index in [4.69, 9.17) is 9.47 Å². The van der Waals surface area contributed by atoms with Crippen LogP contribution in [-0.2, 0) is 16.0 Å². The van der Waals surface area contributed by atoms with E-state index >= 15 is 0 Å². The van der Waals surface area contributed by atoms with Crippen molar-refractivity contribution in [3.8, 4) is 0 Å². The Morgan fingerprint density at radius 3 is 2.88 bits per heavy atom. The number of halogens is 1. The van der Waals surface area contributed by atoms with Gasteiger partial charge < -0.3 is 14.0 Å². The minimum atomic E-state index is 0.0392. The molecule has 1 aromatic heterocycles. The first-order valence-electron chi connectivity index (χ1n) is 5.16. The van der Waals surface area contributed by atoms with E-state index in [0.717, 1.165) is 9.99 Å². The van der Waals surface area contributed by atoms with Gasteiger partial charge in [-0.25, -0.2) is 0 Å². The van der Waals surface area contributed by atoms with Gasteiger partial charge in [-0.15, -0.1) is 0 Å². The van der Waals surface area contributed by atoms with Crippen molar-refractivity contribution in [2.24, 2.45) is 0 Å². The van der Waals surface area contributed by atoms with Gasteiger partial charge in [0.15, 0.2) is 0 Å². The fraction of sp³-hybridized carbons (Fsp3) is 0.545. The molecular formula is C11H16INO3. The fourth-order valence-electron chi connectivity index (χ4n) is 1.26. The molecule has 0 N–H and O–H groups in total. The van der Waals surface area contributed by atoms with Gasteiger partial charge in [-0.1, -0.05) is 0 Å². The number of methoxy groups -OCH3 is 1. The van der Waals surface area contributed by atoms with Crippen LogP contribution in [0.25, 0.3) is 0 Å². The molecule has 0 unspecified atom stereocenters. The molecular weight excluding hydrogens is 321 g/mol. The molecule has 0 aliphatic heterocycles. The summed E-state index contributed by atoms with van der Waals surface area (Å²) in [6.45, 7) is 2.57. The largest absolute Gasteiger partial charge is 0.382 e. The van der Waals surface area contributed by atoms with E-state index in [9.17, 15) is 4.79 Å². The average molecular weight is 337 g/mol. The van der Waals surface area contributed by atoms with Crippen LogP contribution < -0.4 is 5.56 Å². The molecule has 90 valence electrons. The van der Waals surface area contributed by atoms with Crippen LogP contribution in [0.1, 0.15) is 6.42 Å². The maximum absolute atomic E-state index is 11.4. The Labute approximate surface area is 109 Å². The molecule has 4 nitrogen and oxygen atoms in total. The van der Waals surface area contributed by atoms with E-state index < -0.39 is 0 Å². The van der Waals surface area contributed by atoms with Gasteiger partial charge in [0.25, 0.3) is 5.56 Å². The number of nitrogens with zero attached hydrogens (tertiary/aromatic N) is 1. The molecule has 0 amide bonds. The van der Waals surface area contributed by atoms with Gasteiger partial charge in [-0.05, 0) is 35.1 Å². The highest BCUT2D eigenvalue weighted by Crippen LogP contribution is 2.00. The lowest BCUT2D eigenvalue weighted by atomic mass is 10.4. The normalized spacial score (nSPS) is 10.6. The van der Waals surface area contributed by atoms with Crippen LogP contribution in [0.5, 0.6) is 0 Å². The highest BCUT2D eigenvalue weighted by atomic mass is 127. The van der Waals surface area contributed by atoms with Gasteiger partial charge in [0.1, 0.15) is 0 Å². The fourth-order valence-corrected chi connectivity index (χ4v) is 1.77. The summed E-state index contributed by atoms with van der Waals surface area (Å²) >= 11 is 2.19. The molecule has 1 heterocycles. The number of ether oxygens (including phenoxy) is 2. The van der Waals surface area contributed by atoms with Gasteiger partial charge >= 0.3 is 0 Å². The van der Waals surface area contributed by atoms with E-state index in [-0.39, 0.29) is 5.56 Å². The van der Waals surface area contributed by atoms with E-state index in [1.807, 2.05) is 12.3 Å². The number of hydrogen-bond acceptors (Lipinski definition) is 3. The third-order valence-corrected chi connectivity index (χ3v) is 2.70. The molecule has 16 heavy (non-hydrogen) atoms. The Morgan fingerprint density at radius 1 is 1.31 bits per heavy atom. The summed E-state index contributed by atoms with van der Waals surface area (Å²) < 4.78 is 13.0. The predicted octanol–water partition coefficient (Wildman–Crippen LogP) is 1.51. The Balaban J connectivity index is 2.26. The highest BCUT2D eigenvalue weighted by molar-refractivity contribution is 14.1. The summed E-state index contributed by atoms with van der Waals surface area (Å²) in [7, 11) is 1.65. The molecule has 5 heteroatoms. The second-order valence-corrected chi connectivity index (χ2v) is 4.58. The van der Waals surface area contributed by atoms with Crippen LogP contribution >= 0.6 is 22.6 Å². The Hall–Kier alpha value is -0.400. The van der Waals surface area contributed by atoms with Crippen LogP contribution in [-0.4, -0.2) is 31.5 Å². The minimum Gasteiger partial charge on any atom is -0.382 e. The Kier molecular flexibility index (Phi) is 6.67. The molecule has 0 aliphatic carbocycles. The number of hydrogen-bond donors (Lipinski definition) is 0. The summed E-state index contributed by atoms with van der Waals surface area (Å²) in [6.07, 6.45) is 2.70. The third-order valence-electron chi connectivity index (χ3n) is 2.07. The Morgan fingerprint density at radius 2 is 2.12 bits per heavy atom. The van der Waals surface area contributed by atoms with Crippen molar-refractivity contribution in [1.82, 2.24) is 4.57 Å². The quantitative estimate of drug-likeness (QED) is 0.559. The summed E-state index contributed by atoms with van der Waals surface area (Å²) in [5, 5.41) is 0. The molecule has 0 spiro atoms. The number of aryl methyl sites for hydroxylation is 1. The topological polar surface area (TPSA) is 40.5 Å². The summed E-state index contributed by atoms with van der Waals surface area (Å²) in [4.78, 5) is 11.4. The number of rotatable bonds is 7. The number of aromatic nitrogens is 1. The summed E-state index contributed by atoms with van der Waals surface area (Å²) in [5.41, 5.74) is 0.0392. The first-order valence-corrected chi connectivity index (χ1v) is 6.24. The second kappa shape index (κ2) is 7.81. The van der Waals surface area contributed by atoms with Gasteiger partial charge in [0.05, 0.1) is 13.2 Å². The van der Waals surface area contributed by atoms with E-state index in [0.29, 0.717) is 26.4 Å². The molecule has 1 aromatic rings. The standard InChI is InChI=1S/C11H16INO3/c1-15-7-8-16-6-2-5-13-9-10(12)3-4-11(13)14/h3-4,9H,2,5-8H2,1H3. The molecule has 0 fully saturated rings. The van der Waals surface area contributed by atoms with Crippen molar-refractivity contribution in [2.45, 2.75) is 13.0 Å². The predicted molar refractivity (Wildman–Crippen MR) is 70.7 cm³/mol. The average Bonchev–Trinajstić information content (AvgIpc) is 2.28. The van der Waals surface area contributed by atoms with Crippen LogP contribution in [0.4, 0.5) is 0 Å². The minimum absolute atomic E-state index is 0.0392. The van der Waals surface area contributed by atoms with Crippen molar-refractivity contribution < 1.29 is 9.47 Å². The molecule has 0 aliphatic rings. The van der Waals surface area contributed by atoms with Crippen molar-refractivity contribution in [1.29, 1.82) is 0 Å². The second-order valence-electron chi connectivity index (χ2n) is 3.34. The third kappa shape index (κ3) is 5.09. The van der Waals surface area contributed by atoms with E-state index in [1.165, 1.54) is 0 Å². The molecule has 0 saturated carbocycles. The SMILES string of the molecule is COCCOCCCn1cc(I)ccc1=O. The molecule has 0 bridgehead atoms. The number of pyridine rings is 1. The smallest absolute Gasteiger partial charge is 0.250 e. The van der Waals surface area contributed by atoms with Crippen LogP contribution in [0.15, 0.2) is 23.1 Å². The van der Waals surface area contributed by atoms with Gasteiger partial charge in [0, 0.05) is 36.1 Å². The molecule has 0 saturated heterocycles. The van der Waals surface area contributed by atoms with Crippen LogP contribution in [0, 0.1) is 3.57 Å². The van der Waals surface area contributed by atoms with Crippen molar-refractivity contribution in [2.75, 3.05) is 26.9 Å². The zero-order valence-corrected chi connectivity index (χ0v) is 11.5. The lowest BCUT2D eigenvalue weighted by molar-refractivity contribution is 0.0679. The molecule has 0 radical (unpaired) electrons.